The Labute approximate surface area is 210 Å². The number of urea groups is 1. The van der Waals surface area contributed by atoms with Crippen molar-refractivity contribution in [2.75, 3.05) is 5.32 Å². The quantitative estimate of drug-likeness (QED) is 0.297. The lowest BCUT2D eigenvalue weighted by molar-refractivity contribution is 0.249. The van der Waals surface area contributed by atoms with E-state index in [1.54, 1.807) is 24.4 Å². The number of nitrogens with zero attached hydrogens (tertiary/aromatic N) is 1. The van der Waals surface area contributed by atoms with Crippen LogP contribution in [0.25, 0.3) is 11.3 Å². The molecule has 9 heteroatoms. The first-order chi connectivity index (χ1) is 17.4. The molecule has 0 saturated heterocycles. The molecule has 0 bridgehead atoms. The Bertz CT molecular complexity index is 1490. The predicted octanol–water partition coefficient (Wildman–Crippen LogP) is 4.54. The van der Waals surface area contributed by atoms with Gasteiger partial charge >= 0.3 is 6.03 Å². The summed E-state index contributed by atoms with van der Waals surface area (Å²) in [5.74, 6) is -0.109. The third kappa shape index (κ3) is 5.17. The highest BCUT2D eigenvalue weighted by molar-refractivity contribution is 7.90. The van der Waals surface area contributed by atoms with Gasteiger partial charge in [0.05, 0.1) is 28.1 Å². The van der Waals surface area contributed by atoms with E-state index in [4.69, 9.17) is 0 Å². The van der Waals surface area contributed by atoms with Crippen LogP contribution in [0.5, 0.6) is 0 Å². The van der Waals surface area contributed by atoms with Crippen LogP contribution in [0.1, 0.15) is 35.2 Å². The lowest BCUT2D eigenvalue weighted by atomic mass is 10.1. The molecular formula is C27H27N5O3S. The summed E-state index contributed by atoms with van der Waals surface area (Å²) in [6.07, 6.45) is 1.65. The van der Waals surface area contributed by atoms with Crippen molar-refractivity contribution in [2.24, 2.45) is 0 Å². The number of nitrogens with one attached hydrogen (secondary N) is 4. The van der Waals surface area contributed by atoms with Crippen molar-refractivity contribution >= 4 is 21.6 Å². The van der Waals surface area contributed by atoms with Gasteiger partial charge in [-0.2, -0.15) is 5.10 Å². The van der Waals surface area contributed by atoms with Crippen molar-refractivity contribution in [3.63, 3.8) is 0 Å². The molecular weight excluding hydrogens is 474 g/mol. The molecule has 184 valence electrons. The number of hydrogen-bond acceptors (Lipinski definition) is 5. The average molecular weight is 502 g/mol. The molecule has 2 heterocycles. The molecule has 1 atom stereocenters. The number of amides is 2. The van der Waals surface area contributed by atoms with Crippen molar-refractivity contribution in [3.05, 3.63) is 101 Å². The van der Waals surface area contributed by atoms with E-state index in [2.05, 4.69) is 26.1 Å². The monoisotopic (exact) mass is 501 g/mol. The van der Waals surface area contributed by atoms with E-state index in [9.17, 15) is 13.2 Å². The summed E-state index contributed by atoms with van der Waals surface area (Å²) in [4.78, 5) is 12.9. The van der Waals surface area contributed by atoms with Gasteiger partial charge in [-0.3, -0.25) is 5.10 Å². The van der Waals surface area contributed by atoms with E-state index < -0.39 is 15.9 Å². The number of sulfone groups is 1. The van der Waals surface area contributed by atoms with Crippen molar-refractivity contribution in [1.82, 2.24) is 20.8 Å². The van der Waals surface area contributed by atoms with Crippen molar-refractivity contribution in [3.8, 4) is 11.3 Å². The second kappa shape index (κ2) is 9.96. The Balaban J connectivity index is 1.39. The zero-order valence-electron chi connectivity index (χ0n) is 19.8. The van der Waals surface area contributed by atoms with Crippen LogP contribution in [0.3, 0.4) is 0 Å². The number of rotatable bonds is 7. The maximum Gasteiger partial charge on any atom is 0.319 e. The molecule has 0 spiro atoms. The fraction of sp³-hybridized carbons (Fsp3) is 0.185. The highest BCUT2D eigenvalue weighted by Gasteiger charge is 2.21. The predicted molar refractivity (Wildman–Crippen MR) is 139 cm³/mol. The number of carbonyl (C=O) groups is 1. The number of anilines is 1. The molecule has 1 aliphatic rings. The summed E-state index contributed by atoms with van der Waals surface area (Å²) in [5.41, 5.74) is 5.56. The first-order valence-electron chi connectivity index (χ1n) is 11.7. The Morgan fingerprint density at radius 1 is 1.00 bits per heavy atom. The Morgan fingerprint density at radius 2 is 1.81 bits per heavy atom. The van der Waals surface area contributed by atoms with Gasteiger partial charge in [-0.25, -0.2) is 13.2 Å². The highest BCUT2D eigenvalue weighted by atomic mass is 32.2. The standard InChI is InChI=1S/C27H27N5O3S/c1-18(20-5-3-2-4-6-20)30-27(33)31-25-10-9-23(14-24(25)26-11-12-29-32-26)36(34,35)17-19-7-8-21-15-28-16-22(21)13-19/h2-14,18,28H,15-17H2,1H3,(H,29,32)(H2,30,31,33). The van der Waals surface area contributed by atoms with Gasteiger partial charge in [0.2, 0.25) is 0 Å². The average Bonchev–Trinajstić information content (AvgIpc) is 3.56. The van der Waals surface area contributed by atoms with Crippen LogP contribution < -0.4 is 16.0 Å². The van der Waals surface area contributed by atoms with Crippen LogP contribution in [0.4, 0.5) is 10.5 Å². The van der Waals surface area contributed by atoms with E-state index in [1.807, 2.05) is 55.5 Å². The molecule has 1 unspecified atom stereocenters. The minimum absolute atomic E-state index is 0.109. The van der Waals surface area contributed by atoms with Gasteiger partial charge in [0.1, 0.15) is 0 Å². The zero-order valence-corrected chi connectivity index (χ0v) is 20.6. The minimum atomic E-state index is -3.63. The second-order valence-electron chi connectivity index (χ2n) is 8.86. The van der Waals surface area contributed by atoms with Crippen molar-refractivity contribution in [1.29, 1.82) is 0 Å². The van der Waals surface area contributed by atoms with Crippen molar-refractivity contribution < 1.29 is 13.2 Å². The van der Waals surface area contributed by atoms with Gasteiger partial charge in [0.15, 0.2) is 9.84 Å². The molecule has 5 rings (SSSR count). The number of H-pyrrole nitrogens is 1. The topological polar surface area (TPSA) is 116 Å². The Kier molecular flexibility index (Phi) is 6.58. The molecule has 2 amide bonds. The Morgan fingerprint density at radius 3 is 2.58 bits per heavy atom. The maximum atomic E-state index is 13.3. The first kappa shape index (κ1) is 23.8. The number of benzene rings is 3. The van der Waals surface area contributed by atoms with Gasteiger partial charge in [-0.05, 0) is 53.4 Å². The lowest BCUT2D eigenvalue weighted by Crippen LogP contribution is -2.31. The fourth-order valence-electron chi connectivity index (χ4n) is 4.37. The van der Waals surface area contributed by atoms with Gasteiger partial charge in [0, 0.05) is 24.8 Å². The van der Waals surface area contributed by atoms with E-state index in [1.165, 1.54) is 11.6 Å². The van der Waals surface area contributed by atoms with Crippen LogP contribution in [-0.2, 0) is 28.7 Å². The first-order valence-corrected chi connectivity index (χ1v) is 13.3. The number of carbonyl (C=O) groups excluding carboxylic acids is 1. The molecule has 1 aliphatic heterocycles. The molecule has 0 aliphatic carbocycles. The highest BCUT2D eigenvalue weighted by Crippen LogP contribution is 2.31. The molecule has 0 fully saturated rings. The van der Waals surface area contributed by atoms with E-state index in [0.29, 0.717) is 16.9 Å². The molecule has 0 radical (unpaired) electrons. The second-order valence-corrected chi connectivity index (χ2v) is 10.9. The van der Waals surface area contributed by atoms with Crippen LogP contribution in [0.2, 0.25) is 0 Å². The zero-order chi connectivity index (χ0) is 25.1. The SMILES string of the molecule is CC(NC(=O)Nc1ccc(S(=O)(=O)Cc2ccc3c(c2)CNC3)cc1-c1cc[nH]n1)c1ccccc1. The number of fused-ring (bicyclic) bond motifs is 1. The maximum absolute atomic E-state index is 13.3. The molecule has 8 nitrogen and oxygen atoms in total. The van der Waals surface area contributed by atoms with E-state index >= 15 is 0 Å². The van der Waals surface area contributed by atoms with Crippen LogP contribution in [-0.4, -0.2) is 24.6 Å². The van der Waals surface area contributed by atoms with Gasteiger partial charge in [-0.1, -0.05) is 48.5 Å². The molecule has 1 aromatic heterocycles. The van der Waals surface area contributed by atoms with Crippen LogP contribution >= 0.6 is 0 Å². The molecule has 36 heavy (non-hydrogen) atoms. The summed E-state index contributed by atoms with van der Waals surface area (Å²) in [6, 6.07) is 21.3. The van der Waals surface area contributed by atoms with Crippen LogP contribution in [0.15, 0.2) is 83.9 Å². The summed E-state index contributed by atoms with van der Waals surface area (Å²) in [6.45, 7) is 3.45. The van der Waals surface area contributed by atoms with E-state index in [-0.39, 0.29) is 16.7 Å². The summed E-state index contributed by atoms with van der Waals surface area (Å²) >= 11 is 0. The van der Waals surface area contributed by atoms with Gasteiger partial charge in [-0.15, -0.1) is 0 Å². The normalized spacial score (nSPS) is 13.7. The number of aromatic nitrogens is 2. The van der Waals surface area contributed by atoms with Gasteiger partial charge < -0.3 is 16.0 Å². The number of hydrogen-bond donors (Lipinski definition) is 4. The fourth-order valence-corrected chi connectivity index (χ4v) is 5.73. The van der Waals surface area contributed by atoms with Crippen molar-refractivity contribution in [2.45, 2.75) is 36.7 Å². The largest absolute Gasteiger partial charge is 0.331 e. The van der Waals surface area contributed by atoms with Gasteiger partial charge in [0.25, 0.3) is 0 Å². The number of aromatic amines is 1. The van der Waals surface area contributed by atoms with Crippen LogP contribution in [0, 0.1) is 0 Å². The van der Waals surface area contributed by atoms with E-state index in [0.717, 1.165) is 29.8 Å². The lowest BCUT2D eigenvalue weighted by Gasteiger charge is -2.17. The third-order valence-electron chi connectivity index (χ3n) is 6.28. The summed E-state index contributed by atoms with van der Waals surface area (Å²) < 4.78 is 26.6. The molecule has 4 N–H and O–H groups in total. The summed E-state index contributed by atoms with van der Waals surface area (Å²) in [7, 11) is -3.63. The smallest absolute Gasteiger partial charge is 0.319 e. The summed E-state index contributed by atoms with van der Waals surface area (Å²) in [5, 5.41) is 16.0. The minimum Gasteiger partial charge on any atom is -0.331 e. The third-order valence-corrected chi connectivity index (χ3v) is 7.97. The molecule has 3 aromatic carbocycles. The molecule has 4 aromatic rings. The Hall–Kier alpha value is -3.95. The molecule has 0 saturated carbocycles.